The topological polar surface area (TPSA) is 84.9 Å². The van der Waals surface area contributed by atoms with E-state index in [2.05, 4.69) is 19.2 Å². The summed E-state index contributed by atoms with van der Waals surface area (Å²) >= 11 is 0. The number of ether oxygens (including phenoxy) is 2. The van der Waals surface area contributed by atoms with Gasteiger partial charge in [-0.1, -0.05) is 26.0 Å². The Morgan fingerprint density at radius 1 is 1.00 bits per heavy atom. The SMILES string of the molecule is COc1ccc(OC)c(C(C)NC(=O)C2CCN(S(=O)(=O)c3ccc(C(C)C)cc3)CC2)c1. The van der Waals surface area contributed by atoms with Crippen LogP contribution < -0.4 is 14.8 Å². The molecule has 0 aliphatic carbocycles. The molecule has 1 fully saturated rings. The van der Waals surface area contributed by atoms with Crippen LogP contribution in [-0.4, -0.2) is 45.9 Å². The maximum atomic E-state index is 13.0. The number of benzene rings is 2. The Balaban J connectivity index is 1.62. The van der Waals surface area contributed by atoms with Crippen molar-refractivity contribution in [3.63, 3.8) is 0 Å². The average Bonchev–Trinajstić information content (AvgIpc) is 2.83. The fourth-order valence-electron chi connectivity index (χ4n) is 4.12. The van der Waals surface area contributed by atoms with Crippen LogP contribution in [-0.2, 0) is 14.8 Å². The van der Waals surface area contributed by atoms with Crippen LogP contribution in [0.4, 0.5) is 0 Å². The Labute approximate surface area is 197 Å². The van der Waals surface area contributed by atoms with E-state index in [-0.39, 0.29) is 17.9 Å². The minimum Gasteiger partial charge on any atom is -0.497 e. The van der Waals surface area contributed by atoms with Gasteiger partial charge in [0.2, 0.25) is 15.9 Å². The molecule has 1 heterocycles. The van der Waals surface area contributed by atoms with E-state index in [0.29, 0.717) is 48.2 Å². The minimum atomic E-state index is -3.57. The molecule has 1 saturated heterocycles. The molecule has 1 unspecified atom stereocenters. The first-order valence-corrected chi connectivity index (χ1v) is 12.7. The van der Waals surface area contributed by atoms with Crippen LogP contribution in [0.25, 0.3) is 0 Å². The maximum Gasteiger partial charge on any atom is 0.243 e. The highest BCUT2D eigenvalue weighted by molar-refractivity contribution is 7.89. The van der Waals surface area contributed by atoms with E-state index >= 15 is 0 Å². The van der Waals surface area contributed by atoms with Gasteiger partial charge in [0, 0.05) is 24.6 Å². The van der Waals surface area contributed by atoms with Crippen LogP contribution in [0, 0.1) is 5.92 Å². The molecule has 0 radical (unpaired) electrons. The number of nitrogens with one attached hydrogen (secondary N) is 1. The molecule has 0 aromatic heterocycles. The molecule has 3 rings (SSSR count). The lowest BCUT2D eigenvalue weighted by Crippen LogP contribution is -2.43. The molecule has 180 valence electrons. The predicted molar refractivity (Wildman–Crippen MR) is 128 cm³/mol. The number of carbonyl (C=O) groups excluding carboxylic acids is 1. The summed E-state index contributed by atoms with van der Waals surface area (Å²) in [5.41, 5.74) is 1.93. The zero-order valence-electron chi connectivity index (χ0n) is 20.0. The van der Waals surface area contributed by atoms with Crippen LogP contribution in [0.5, 0.6) is 11.5 Å². The number of piperidine rings is 1. The Hall–Kier alpha value is -2.58. The standard InChI is InChI=1S/C25H34N2O5S/c1-17(2)19-6-9-22(10-7-19)33(29,30)27-14-12-20(13-15-27)25(28)26-18(3)23-16-21(31-4)8-11-24(23)32-5/h6-11,16-18,20H,12-15H2,1-5H3,(H,26,28). The van der Waals surface area contributed by atoms with E-state index in [1.807, 2.05) is 37.3 Å². The molecule has 2 aromatic carbocycles. The number of rotatable bonds is 8. The van der Waals surface area contributed by atoms with Crippen molar-refractivity contribution in [2.75, 3.05) is 27.3 Å². The van der Waals surface area contributed by atoms with Gasteiger partial charge in [-0.25, -0.2) is 8.42 Å². The zero-order valence-corrected chi connectivity index (χ0v) is 20.8. The Bertz CT molecular complexity index is 1060. The van der Waals surface area contributed by atoms with Gasteiger partial charge in [-0.2, -0.15) is 4.31 Å². The van der Waals surface area contributed by atoms with Gasteiger partial charge in [-0.05, 0) is 61.6 Å². The van der Waals surface area contributed by atoms with Crippen LogP contribution in [0.2, 0.25) is 0 Å². The molecule has 7 nitrogen and oxygen atoms in total. The second-order valence-corrected chi connectivity index (χ2v) is 10.7. The minimum absolute atomic E-state index is 0.0780. The first-order valence-electron chi connectivity index (χ1n) is 11.3. The lowest BCUT2D eigenvalue weighted by atomic mass is 9.96. The smallest absolute Gasteiger partial charge is 0.243 e. The second kappa shape index (κ2) is 10.6. The monoisotopic (exact) mass is 474 g/mol. The highest BCUT2D eigenvalue weighted by Crippen LogP contribution is 2.30. The van der Waals surface area contributed by atoms with Gasteiger partial charge < -0.3 is 14.8 Å². The number of sulfonamides is 1. The third kappa shape index (κ3) is 5.68. The molecule has 0 bridgehead atoms. The summed E-state index contributed by atoms with van der Waals surface area (Å²) in [6.45, 7) is 6.69. The van der Waals surface area contributed by atoms with Gasteiger partial charge in [0.05, 0.1) is 25.2 Å². The van der Waals surface area contributed by atoms with Crippen molar-refractivity contribution in [1.82, 2.24) is 9.62 Å². The number of nitrogens with zero attached hydrogens (tertiary/aromatic N) is 1. The molecular weight excluding hydrogens is 440 g/mol. The van der Waals surface area contributed by atoms with Crippen LogP contribution in [0.15, 0.2) is 47.4 Å². The molecule has 2 aromatic rings. The molecule has 1 aliphatic rings. The van der Waals surface area contributed by atoms with Crippen molar-refractivity contribution in [3.05, 3.63) is 53.6 Å². The number of methoxy groups -OCH3 is 2. The summed E-state index contributed by atoms with van der Waals surface area (Å²) in [5, 5.41) is 3.05. The molecule has 1 amide bonds. The fourth-order valence-corrected chi connectivity index (χ4v) is 5.59. The summed E-state index contributed by atoms with van der Waals surface area (Å²) in [6.07, 6.45) is 0.966. The lowest BCUT2D eigenvalue weighted by Gasteiger charge is -2.31. The van der Waals surface area contributed by atoms with Crippen LogP contribution >= 0.6 is 0 Å². The van der Waals surface area contributed by atoms with Crippen molar-refractivity contribution in [2.24, 2.45) is 5.92 Å². The van der Waals surface area contributed by atoms with Crippen molar-refractivity contribution < 1.29 is 22.7 Å². The van der Waals surface area contributed by atoms with Gasteiger partial charge in [-0.3, -0.25) is 4.79 Å². The zero-order chi connectivity index (χ0) is 24.2. The third-order valence-corrected chi connectivity index (χ3v) is 8.18. The van der Waals surface area contributed by atoms with E-state index in [0.717, 1.165) is 11.1 Å². The van der Waals surface area contributed by atoms with Gasteiger partial charge in [0.15, 0.2) is 0 Å². The Morgan fingerprint density at radius 3 is 2.18 bits per heavy atom. The number of amides is 1. The normalized spacial score (nSPS) is 16.4. The molecule has 0 spiro atoms. The fraction of sp³-hybridized carbons (Fsp3) is 0.480. The molecular formula is C25H34N2O5S. The quantitative estimate of drug-likeness (QED) is 0.623. The summed E-state index contributed by atoms with van der Waals surface area (Å²) in [5.74, 6) is 1.39. The van der Waals surface area contributed by atoms with Crippen molar-refractivity contribution in [1.29, 1.82) is 0 Å². The molecule has 0 saturated carbocycles. The van der Waals surface area contributed by atoms with E-state index in [4.69, 9.17) is 9.47 Å². The van der Waals surface area contributed by atoms with Crippen LogP contribution in [0.1, 0.15) is 56.7 Å². The molecule has 8 heteroatoms. The number of hydrogen-bond acceptors (Lipinski definition) is 5. The van der Waals surface area contributed by atoms with E-state index in [1.165, 1.54) is 4.31 Å². The van der Waals surface area contributed by atoms with Crippen molar-refractivity contribution in [2.45, 2.75) is 50.5 Å². The first kappa shape index (κ1) is 25.1. The van der Waals surface area contributed by atoms with Crippen molar-refractivity contribution in [3.8, 4) is 11.5 Å². The predicted octanol–water partition coefficient (Wildman–Crippen LogP) is 4.11. The summed E-state index contributed by atoms with van der Waals surface area (Å²) in [7, 11) is -0.383. The lowest BCUT2D eigenvalue weighted by molar-refractivity contribution is -0.126. The Kier molecular flexibility index (Phi) is 8.02. The second-order valence-electron chi connectivity index (χ2n) is 8.74. The van der Waals surface area contributed by atoms with E-state index < -0.39 is 10.0 Å². The third-order valence-electron chi connectivity index (χ3n) is 6.27. The van der Waals surface area contributed by atoms with Gasteiger partial charge in [0.1, 0.15) is 11.5 Å². The number of carbonyl (C=O) groups is 1. The van der Waals surface area contributed by atoms with Crippen molar-refractivity contribution >= 4 is 15.9 Å². The van der Waals surface area contributed by atoms with Crippen LogP contribution in [0.3, 0.4) is 0 Å². The van der Waals surface area contributed by atoms with E-state index in [1.54, 1.807) is 26.4 Å². The molecule has 33 heavy (non-hydrogen) atoms. The number of hydrogen-bond donors (Lipinski definition) is 1. The largest absolute Gasteiger partial charge is 0.497 e. The first-order chi connectivity index (χ1) is 15.7. The summed E-state index contributed by atoms with van der Waals surface area (Å²) in [4.78, 5) is 13.2. The van der Waals surface area contributed by atoms with E-state index in [9.17, 15) is 13.2 Å². The van der Waals surface area contributed by atoms with Gasteiger partial charge >= 0.3 is 0 Å². The summed E-state index contributed by atoms with van der Waals surface area (Å²) < 4.78 is 38.3. The van der Waals surface area contributed by atoms with Gasteiger partial charge in [-0.15, -0.1) is 0 Å². The average molecular weight is 475 g/mol. The molecule has 1 atom stereocenters. The highest BCUT2D eigenvalue weighted by Gasteiger charge is 2.32. The molecule has 1 N–H and O–H groups in total. The highest BCUT2D eigenvalue weighted by atomic mass is 32.2. The molecule has 1 aliphatic heterocycles. The maximum absolute atomic E-state index is 13.0. The Morgan fingerprint density at radius 2 is 1.64 bits per heavy atom. The summed E-state index contributed by atoms with van der Waals surface area (Å²) in [6, 6.07) is 12.3. The van der Waals surface area contributed by atoms with Gasteiger partial charge in [0.25, 0.3) is 0 Å².